The van der Waals surface area contributed by atoms with Crippen LogP contribution in [0.3, 0.4) is 0 Å². The molecule has 46 heavy (non-hydrogen) atoms. The predicted octanol–water partition coefficient (Wildman–Crippen LogP) is 5.47. The molecule has 0 unspecified atom stereocenters. The van der Waals surface area contributed by atoms with Gasteiger partial charge in [-0.1, -0.05) is 41.9 Å². The molecule has 0 saturated heterocycles. The fourth-order valence-corrected chi connectivity index (χ4v) is 5.16. The van der Waals surface area contributed by atoms with Gasteiger partial charge in [-0.25, -0.2) is 19.5 Å². The summed E-state index contributed by atoms with van der Waals surface area (Å²) in [5.41, 5.74) is 8.03. The molecule has 0 spiro atoms. The van der Waals surface area contributed by atoms with E-state index in [4.69, 9.17) is 22.1 Å². The van der Waals surface area contributed by atoms with Gasteiger partial charge in [-0.2, -0.15) is 27.3 Å². The molecular formula is C29H26ClF4N9O3. The number of alkyl halides is 4. The molecular weight excluding hydrogens is 634 g/mol. The summed E-state index contributed by atoms with van der Waals surface area (Å²) >= 11 is 6.38. The number of guanidine groups is 1. The Kier molecular flexibility index (Phi) is 8.14. The summed E-state index contributed by atoms with van der Waals surface area (Å²) < 4.78 is 58.7. The molecule has 3 N–H and O–H groups in total. The van der Waals surface area contributed by atoms with E-state index in [1.165, 1.54) is 29.4 Å². The van der Waals surface area contributed by atoms with Crippen molar-refractivity contribution in [3.63, 3.8) is 0 Å². The van der Waals surface area contributed by atoms with Crippen molar-refractivity contribution in [3.05, 3.63) is 77.3 Å². The van der Waals surface area contributed by atoms with E-state index in [2.05, 4.69) is 25.5 Å². The molecule has 2 aromatic carbocycles. The number of nitrogens with zero attached hydrogens (tertiary/aromatic N) is 7. The van der Waals surface area contributed by atoms with Gasteiger partial charge in [0.05, 0.1) is 17.3 Å². The number of hydrogen-bond donors (Lipinski definition) is 2. The van der Waals surface area contributed by atoms with E-state index in [1.807, 2.05) is 6.92 Å². The van der Waals surface area contributed by atoms with Crippen molar-refractivity contribution >= 4 is 29.6 Å². The van der Waals surface area contributed by atoms with Crippen LogP contribution in [0.5, 0.6) is 0 Å². The third kappa shape index (κ3) is 6.24. The number of nitrogens with one attached hydrogen (secondary N) is 1. The van der Waals surface area contributed by atoms with Gasteiger partial charge in [-0.15, -0.1) is 5.10 Å². The largest absolute Gasteiger partial charge is 0.447 e. The lowest BCUT2D eigenvalue weighted by molar-refractivity contribution is -0.129. The minimum absolute atomic E-state index is 0.0855. The van der Waals surface area contributed by atoms with Gasteiger partial charge < -0.3 is 15.8 Å². The van der Waals surface area contributed by atoms with E-state index in [0.717, 1.165) is 19.2 Å². The van der Waals surface area contributed by atoms with Gasteiger partial charge in [0.2, 0.25) is 0 Å². The van der Waals surface area contributed by atoms with E-state index < -0.39 is 37.2 Å². The predicted molar refractivity (Wildman–Crippen MR) is 157 cm³/mol. The lowest BCUT2D eigenvalue weighted by Crippen LogP contribution is -2.44. The van der Waals surface area contributed by atoms with Crippen LogP contribution in [-0.4, -0.2) is 59.6 Å². The highest BCUT2D eigenvalue weighted by molar-refractivity contribution is 6.33. The van der Waals surface area contributed by atoms with E-state index in [1.54, 1.807) is 30.3 Å². The van der Waals surface area contributed by atoms with Gasteiger partial charge in [0.1, 0.15) is 12.9 Å². The first-order chi connectivity index (χ1) is 21.9. The number of nitrogens with two attached hydrogens (primary N) is 1. The van der Waals surface area contributed by atoms with Gasteiger partial charge >= 0.3 is 19.2 Å². The molecule has 2 amide bonds. The van der Waals surface area contributed by atoms with Crippen LogP contribution in [0.25, 0.3) is 22.5 Å². The van der Waals surface area contributed by atoms with Crippen LogP contribution in [0.2, 0.25) is 5.02 Å². The van der Waals surface area contributed by atoms with Crippen molar-refractivity contribution in [1.82, 2.24) is 34.8 Å². The SMILES string of the molecule is CC1(NC(=O)OC[C@H](c2ccc(Cl)c(-c3ncn(C(F)F)n3)c2)N2C(=O)[C@@H](c3ccc(-c4cnn(C(F)F)c4)cc3)N=C2N)CC1. The third-order valence-electron chi connectivity index (χ3n) is 7.75. The van der Waals surface area contributed by atoms with Crippen LogP contribution in [0.4, 0.5) is 22.4 Å². The van der Waals surface area contributed by atoms with Crippen molar-refractivity contribution in [3.8, 4) is 22.5 Å². The zero-order valence-electron chi connectivity index (χ0n) is 24.0. The first-order valence-electron chi connectivity index (χ1n) is 14.0. The number of halogens is 5. The molecule has 17 heteroatoms. The Balaban J connectivity index is 1.29. The molecule has 4 aromatic rings. The van der Waals surface area contributed by atoms with Crippen LogP contribution in [0.15, 0.2) is 66.2 Å². The number of alkyl carbamates (subject to hydrolysis) is 1. The first kappa shape index (κ1) is 31.0. The summed E-state index contributed by atoms with van der Waals surface area (Å²) in [6.07, 6.45) is 4.27. The molecule has 2 aliphatic rings. The fourth-order valence-electron chi connectivity index (χ4n) is 4.96. The number of hydrogen-bond acceptors (Lipinski definition) is 8. The Morgan fingerprint density at radius 2 is 1.83 bits per heavy atom. The number of ether oxygens (including phenoxy) is 1. The molecule has 1 fully saturated rings. The van der Waals surface area contributed by atoms with Crippen molar-refractivity contribution in [2.45, 2.75) is 50.5 Å². The van der Waals surface area contributed by atoms with Gasteiger partial charge in [0, 0.05) is 22.9 Å². The van der Waals surface area contributed by atoms with E-state index in [9.17, 15) is 27.2 Å². The Bertz CT molecular complexity index is 1810. The van der Waals surface area contributed by atoms with Crippen molar-refractivity contribution in [1.29, 1.82) is 0 Å². The van der Waals surface area contributed by atoms with Gasteiger partial charge in [-0.3, -0.25) is 9.69 Å². The molecule has 0 bridgehead atoms. The highest BCUT2D eigenvalue weighted by Gasteiger charge is 2.42. The van der Waals surface area contributed by atoms with Crippen molar-refractivity contribution in [2.75, 3.05) is 6.61 Å². The minimum atomic E-state index is -2.92. The number of carbonyl (C=O) groups excluding carboxylic acids is 2. The van der Waals surface area contributed by atoms with Crippen LogP contribution in [-0.2, 0) is 9.53 Å². The van der Waals surface area contributed by atoms with Crippen LogP contribution >= 0.6 is 11.6 Å². The smallest absolute Gasteiger partial charge is 0.407 e. The van der Waals surface area contributed by atoms with E-state index in [0.29, 0.717) is 31.6 Å². The van der Waals surface area contributed by atoms with Gasteiger partial charge in [0.15, 0.2) is 17.8 Å². The molecule has 1 aliphatic carbocycles. The fraction of sp³-hybridized carbons (Fsp3) is 0.310. The quantitative estimate of drug-likeness (QED) is 0.215. The number of aromatic nitrogens is 5. The van der Waals surface area contributed by atoms with Crippen LogP contribution < -0.4 is 11.1 Å². The average Bonchev–Trinajstić information content (AvgIpc) is 3.41. The van der Waals surface area contributed by atoms with Crippen LogP contribution in [0, 0.1) is 0 Å². The van der Waals surface area contributed by atoms with Crippen molar-refractivity contribution < 1.29 is 31.9 Å². The number of aliphatic imine (C=N–C) groups is 1. The second-order valence-corrected chi connectivity index (χ2v) is 11.5. The molecule has 2 atom stereocenters. The van der Waals surface area contributed by atoms with Crippen LogP contribution in [0.1, 0.15) is 56.1 Å². The minimum Gasteiger partial charge on any atom is -0.447 e. The van der Waals surface area contributed by atoms with Gasteiger partial charge in [0.25, 0.3) is 5.91 Å². The topological polar surface area (TPSA) is 146 Å². The van der Waals surface area contributed by atoms with Crippen molar-refractivity contribution in [2.24, 2.45) is 10.7 Å². The Hall–Kier alpha value is -4.99. The summed E-state index contributed by atoms with van der Waals surface area (Å²) in [5, 5.41) is 10.4. The summed E-state index contributed by atoms with van der Waals surface area (Å²) in [5.74, 6) is -0.773. The third-order valence-corrected chi connectivity index (χ3v) is 8.08. The normalized spacial score (nSPS) is 17.8. The number of carbonyl (C=O) groups is 2. The standard InChI is InChI=1S/C29H26ClF4N9O3/c1-29(8-9-29)39-28(45)46-13-21(17-6-7-20(30)19(10-17)23-36-14-42(40-23)26(33)34)43-24(44)22(38-27(43)35)16-4-2-15(3-5-16)18-11-37-41(12-18)25(31)32/h2-7,10-12,14,21-22,25-26H,8-9,13H2,1H3,(H2,35,38)(H,39,45)/t21-,22-/m1/s1. The number of rotatable bonds is 10. The summed E-state index contributed by atoms with van der Waals surface area (Å²) in [6.45, 7) is -4.17. The molecule has 12 nitrogen and oxygen atoms in total. The molecule has 3 heterocycles. The molecule has 1 aliphatic heterocycles. The van der Waals surface area contributed by atoms with E-state index in [-0.39, 0.29) is 34.5 Å². The Labute approximate surface area is 263 Å². The van der Waals surface area contributed by atoms with E-state index >= 15 is 0 Å². The maximum absolute atomic E-state index is 13.9. The molecule has 240 valence electrons. The summed E-state index contributed by atoms with van der Waals surface area (Å²) in [7, 11) is 0. The Morgan fingerprint density at radius 3 is 2.46 bits per heavy atom. The zero-order valence-corrected chi connectivity index (χ0v) is 24.8. The molecule has 2 aromatic heterocycles. The monoisotopic (exact) mass is 659 g/mol. The second kappa shape index (κ2) is 12.1. The molecule has 0 radical (unpaired) electrons. The number of amides is 2. The maximum atomic E-state index is 13.9. The summed E-state index contributed by atoms with van der Waals surface area (Å²) in [4.78, 5) is 36.0. The Morgan fingerprint density at radius 1 is 1.11 bits per heavy atom. The highest BCUT2D eigenvalue weighted by Crippen LogP contribution is 2.37. The first-order valence-corrected chi connectivity index (χ1v) is 14.3. The lowest BCUT2D eigenvalue weighted by atomic mass is 10.00. The summed E-state index contributed by atoms with van der Waals surface area (Å²) in [6, 6.07) is 9.02. The average molecular weight is 660 g/mol. The second-order valence-electron chi connectivity index (χ2n) is 11.1. The maximum Gasteiger partial charge on any atom is 0.407 e. The zero-order chi connectivity index (χ0) is 32.7. The van der Waals surface area contributed by atoms with Gasteiger partial charge in [-0.05, 0) is 48.6 Å². The molecule has 1 saturated carbocycles. The lowest BCUT2D eigenvalue weighted by Gasteiger charge is -2.28. The molecule has 6 rings (SSSR count). The number of benzene rings is 2. The highest BCUT2D eigenvalue weighted by atomic mass is 35.5.